The molecule has 2 rings (SSSR count). The first-order chi connectivity index (χ1) is 9.59. The molecule has 1 fully saturated rings. The van der Waals surface area contributed by atoms with Crippen LogP contribution in [0.4, 0.5) is 4.79 Å². The lowest BCUT2D eigenvalue weighted by molar-refractivity contribution is 0.155. The number of nitrogens with zero attached hydrogens (tertiary/aromatic N) is 1. The molecule has 0 radical (unpaired) electrons. The van der Waals surface area contributed by atoms with E-state index in [0.29, 0.717) is 13.1 Å². The van der Waals surface area contributed by atoms with Gasteiger partial charge in [0.15, 0.2) is 0 Å². The number of nitrogens with one attached hydrogen (secondary N) is 1. The lowest BCUT2D eigenvalue weighted by atomic mass is 9.87. The average molecular weight is 311 g/mol. The van der Waals surface area contributed by atoms with Crippen molar-refractivity contribution in [1.82, 2.24) is 9.62 Å². The molecule has 116 valence electrons. The first kappa shape index (κ1) is 15.8. The van der Waals surface area contributed by atoms with Crippen molar-refractivity contribution in [2.24, 2.45) is 5.73 Å². The van der Waals surface area contributed by atoms with Crippen LogP contribution in [-0.2, 0) is 15.4 Å². The van der Waals surface area contributed by atoms with E-state index in [0.717, 1.165) is 5.56 Å². The highest BCUT2D eigenvalue weighted by Gasteiger charge is 2.32. The van der Waals surface area contributed by atoms with Gasteiger partial charge in [-0.25, -0.2) is 17.9 Å². The first-order valence-corrected chi connectivity index (χ1v) is 8.25. The summed E-state index contributed by atoms with van der Waals surface area (Å²) in [7, 11) is -3.56. The van der Waals surface area contributed by atoms with Crippen LogP contribution >= 0.6 is 0 Å². The number of hydrogen-bond donors (Lipinski definition) is 2. The number of nitrogens with two attached hydrogens (primary N) is 1. The van der Waals surface area contributed by atoms with Crippen LogP contribution in [0.1, 0.15) is 26.3 Å². The number of amides is 2. The van der Waals surface area contributed by atoms with Crippen LogP contribution < -0.4 is 10.5 Å². The standard InChI is InChI=1S/C14H21N3O3S/c1-14(2,3)10-4-6-12(7-5-10)21(19,20)16-11-8-17(9-11)13(15)18/h4-7,11,16H,8-9H2,1-3H3,(H2,15,18). The maximum Gasteiger partial charge on any atom is 0.314 e. The van der Waals surface area contributed by atoms with Crippen molar-refractivity contribution < 1.29 is 13.2 Å². The van der Waals surface area contributed by atoms with E-state index in [1.54, 1.807) is 12.1 Å². The molecular weight excluding hydrogens is 290 g/mol. The first-order valence-electron chi connectivity index (χ1n) is 6.77. The summed E-state index contributed by atoms with van der Waals surface area (Å²) in [5, 5.41) is 0. The van der Waals surface area contributed by atoms with Crippen LogP contribution in [-0.4, -0.2) is 38.5 Å². The van der Waals surface area contributed by atoms with E-state index >= 15 is 0 Å². The zero-order valence-electron chi connectivity index (χ0n) is 12.5. The van der Waals surface area contributed by atoms with Crippen molar-refractivity contribution in [2.45, 2.75) is 37.1 Å². The van der Waals surface area contributed by atoms with E-state index in [9.17, 15) is 13.2 Å². The second kappa shape index (κ2) is 5.31. The van der Waals surface area contributed by atoms with Crippen molar-refractivity contribution in [3.8, 4) is 0 Å². The van der Waals surface area contributed by atoms with E-state index in [1.807, 2.05) is 12.1 Å². The molecule has 0 unspecified atom stereocenters. The number of carbonyl (C=O) groups is 1. The number of benzene rings is 1. The summed E-state index contributed by atoms with van der Waals surface area (Å²) in [6, 6.07) is 6.06. The third kappa shape index (κ3) is 3.54. The molecule has 1 aromatic carbocycles. The maximum absolute atomic E-state index is 12.2. The highest BCUT2D eigenvalue weighted by Crippen LogP contribution is 2.23. The van der Waals surface area contributed by atoms with Crippen LogP contribution in [0, 0.1) is 0 Å². The summed E-state index contributed by atoms with van der Waals surface area (Å²) in [6.45, 7) is 6.84. The summed E-state index contributed by atoms with van der Waals surface area (Å²) in [5.41, 5.74) is 6.15. The molecular formula is C14H21N3O3S. The number of carbonyl (C=O) groups excluding carboxylic acids is 1. The predicted octanol–water partition coefficient (Wildman–Crippen LogP) is 1.03. The summed E-state index contributed by atoms with van der Waals surface area (Å²) in [6.07, 6.45) is 0. The third-order valence-electron chi connectivity index (χ3n) is 3.55. The fourth-order valence-corrected chi connectivity index (χ4v) is 3.37. The molecule has 0 aromatic heterocycles. The molecule has 1 heterocycles. The van der Waals surface area contributed by atoms with Gasteiger partial charge in [-0.05, 0) is 23.1 Å². The third-order valence-corrected chi connectivity index (χ3v) is 5.08. The zero-order valence-corrected chi connectivity index (χ0v) is 13.3. The molecule has 1 aromatic rings. The van der Waals surface area contributed by atoms with E-state index in [1.165, 1.54) is 4.90 Å². The molecule has 0 saturated carbocycles. The Balaban J connectivity index is 2.05. The molecule has 0 spiro atoms. The van der Waals surface area contributed by atoms with Gasteiger partial charge in [0.05, 0.1) is 10.9 Å². The number of sulfonamides is 1. The van der Waals surface area contributed by atoms with Crippen LogP contribution in [0.3, 0.4) is 0 Å². The second-order valence-electron chi connectivity index (χ2n) is 6.34. The Morgan fingerprint density at radius 2 is 1.76 bits per heavy atom. The number of hydrogen-bond acceptors (Lipinski definition) is 3. The number of likely N-dealkylation sites (tertiary alicyclic amines) is 1. The van der Waals surface area contributed by atoms with Gasteiger partial charge in [0.25, 0.3) is 0 Å². The topological polar surface area (TPSA) is 92.5 Å². The SMILES string of the molecule is CC(C)(C)c1ccc(S(=O)(=O)NC2CN(C(N)=O)C2)cc1. The molecule has 21 heavy (non-hydrogen) atoms. The van der Waals surface area contributed by atoms with Crippen molar-refractivity contribution in [2.75, 3.05) is 13.1 Å². The number of primary amides is 1. The molecule has 0 atom stereocenters. The highest BCUT2D eigenvalue weighted by atomic mass is 32.2. The van der Waals surface area contributed by atoms with E-state index < -0.39 is 16.1 Å². The average Bonchev–Trinajstić information content (AvgIpc) is 2.32. The van der Waals surface area contributed by atoms with Crippen molar-refractivity contribution in [3.05, 3.63) is 29.8 Å². The van der Waals surface area contributed by atoms with Gasteiger partial charge < -0.3 is 10.6 Å². The van der Waals surface area contributed by atoms with Crippen molar-refractivity contribution in [1.29, 1.82) is 0 Å². The van der Waals surface area contributed by atoms with Gasteiger partial charge in [-0.3, -0.25) is 0 Å². The lowest BCUT2D eigenvalue weighted by Crippen LogP contribution is -2.62. The highest BCUT2D eigenvalue weighted by molar-refractivity contribution is 7.89. The predicted molar refractivity (Wildman–Crippen MR) is 80.4 cm³/mol. The summed E-state index contributed by atoms with van der Waals surface area (Å²) >= 11 is 0. The second-order valence-corrected chi connectivity index (χ2v) is 8.05. The molecule has 1 saturated heterocycles. The van der Waals surface area contributed by atoms with Crippen LogP contribution in [0.25, 0.3) is 0 Å². The zero-order chi connectivity index (χ0) is 15.8. The Morgan fingerprint density at radius 1 is 1.24 bits per heavy atom. The minimum atomic E-state index is -3.56. The van der Waals surface area contributed by atoms with Gasteiger partial charge in [0.1, 0.15) is 0 Å². The monoisotopic (exact) mass is 311 g/mol. The number of rotatable bonds is 3. The fourth-order valence-electron chi connectivity index (χ4n) is 2.15. The molecule has 3 N–H and O–H groups in total. The number of urea groups is 1. The van der Waals surface area contributed by atoms with Gasteiger partial charge in [-0.15, -0.1) is 0 Å². The van der Waals surface area contributed by atoms with Crippen molar-refractivity contribution in [3.63, 3.8) is 0 Å². The summed E-state index contributed by atoms with van der Waals surface area (Å²) in [4.78, 5) is 12.5. The Morgan fingerprint density at radius 3 is 2.19 bits per heavy atom. The van der Waals surface area contributed by atoms with Gasteiger partial charge in [0, 0.05) is 13.1 Å². The van der Waals surface area contributed by atoms with E-state index in [-0.39, 0.29) is 16.4 Å². The molecule has 2 amide bonds. The van der Waals surface area contributed by atoms with Gasteiger partial charge in [-0.2, -0.15) is 0 Å². The van der Waals surface area contributed by atoms with Crippen LogP contribution in [0.2, 0.25) is 0 Å². The Bertz CT molecular complexity index is 626. The van der Waals surface area contributed by atoms with Gasteiger partial charge >= 0.3 is 6.03 Å². The van der Waals surface area contributed by atoms with Crippen molar-refractivity contribution >= 4 is 16.1 Å². The molecule has 1 aliphatic rings. The van der Waals surface area contributed by atoms with Crippen LogP contribution in [0.15, 0.2) is 29.2 Å². The largest absolute Gasteiger partial charge is 0.351 e. The normalized spacial score (nSPS) is 16.6. The summed E-state index contributed by atoms with van der Waals surface area (Å²) < 4.78 is 27.0. The van der Waals surface area contributed by atoms with Crippen LogP contribution in [0.5, 0.6) is 0 Å². The minimum absolute atomic E-state index is 0.0221. The smallest absolute Gasteiger partial charge is 0.314 e. The Labute approximate surface area is 125 Å². The molecule has 0 aliphatic carbocycles. The minimum Gasteiger partial charge on any atom is -0.351 e. The fraction of sp³-hybridized carbons (Fsp3) is 0.500. The van der Waals surface area contributed by atoms with Gasteiger partial charge in [0.2, 0.25) is 10.0 Å². The Kier molecular flexibility index (Phi) is 3.99. The quantitative estimate of drug-likeness (QED) is 0.873. The lowest BCUT2D eigenvalue weighted by Gasteiger charge is -2.37. The van der Waals surface area contributed by atoms with E-state index in [4.69, 9.17) is 5.73 Å². The summed E-state index contributed by atoms with van der Waals surface area (Å²) in [5.74, 6) is 0. The maximum atomic E-state index is 12.2. The molecule has 1 aliphatic heterocycles. The van der Waals surface area contributed by atoms with Gasteiger partial charge in [-0.1, -0.05) is 32.9 Å². The Hall–Kier alpha value is -1.60. The molecule has 7 heteroatoms. The van der Waals surface area contributed by atoms with E-state index in [2.05, 4.69) is 25.5 Å². The molecule has 0 bridgehead atoms. The molecule has 6 nitrogen and oxygen atoms in total.